The Labute approximate surface area is 103 Å². The van der Waals surface area contributed by atoms with E-state index in [1.807, 2.05) is 0 Å². The first-order valence-electron chi connectivity index (χ1n) is 5.35. The monoisotopic (exact) mass is 256 g/mol. The van der Waals surface area contributed by atoms with Gasteiger partial charge in [0.1, 0.15) is 5.82 Å². The zero-order chi connectivity index (χ0) is 13.7. The Kier molecular flexibility index (Phi) is 4.59. The van der Waals surface area contributed by atoms with Crippen molar-refractivity contribution in [2.75, 3.05) is 18.0 Å². The number of carboxylic acid groups (broad SMARTS) is 1. The van der Waals surface area contributed by atoms with Crippen LogP contribution in [0.5, 0.6) is 0 Å². The van der Waals surface area contributed by atoms with E-state index in [0.29, 0.717) is 12.2 Å². The highest BCUT2D eigenvalue weighted by Crippen LogP contribution is 2.23. The van der Waals surface area contributed by atoms with Crippen LogP contribution in [0.2, 0.25) is 0 Å². The summed E-state index contributed by atoms with van der Waals surface area (Å²) in [6.45, 7) is 2.37. The Morgan fingerprint density at radius 2 is 2.17 bits per heavy atom. The Morgan fingerprint density at radius 3 is 2.67 bits per heavy atom. The number of non-ortho nitro benzene ring substituents is 1. The molecule has 98 valence electrons. The third-order valence-corrected chi connectivity index (χ3v) is 2.42. The number of nitro benzene ring substituents is 1. The Morgan fingerprint density at radius 1 is 1.50 bits per heavy atom. The molecule has 0 heterocycles. The average Bonchev–Trinajstić information content (AvgIpc) is 2.28. The number of nitrogens with zero attached hydrogens (tertiary/aromatic N) is 2. The van der Waals surface area contributed by atoms with Crippen LogP contribution in [0.15, 0.2) is 18.2 Å². The quantitative estimate of drug-likeness (QED) is 0.622. The molecule has 0 aliphatic heterocycles. The number of carbonyl (C=O) groups is 1. The minimum atomic E-state index is -0.973. The van der Waals surface area contributed by atoms with Gasteiger partial charge in [0.25, 0.3) is 5.69 Å². The summed E-state index contributed by atoms with van der Waals surface area (Å²) in [6.07, 6.45) is -0.113. The smallest absolute Gasteiger partial charge is 0.305 e. The zero-order valence-corrected chi connectivity index (χ0v) is 9.80. The molecule has 0 amide bonds. The van der Waals surface area contributed by atoms with Crippen LogP contribution in [0.25, 0.3) is 0 Å². The maximum atomic E-state index is 13.2. The van der Waals surface area contributed by atoms with Crippen LogP contribution in [-0.2, 0) is 4.79 Å². The van der Waals surface area contributed by atoms with E-state index < -0.39 is 16.7 Å². The second-order valence-electron chi connectivity index (χ2n) is 3.65. The van der Waals surface area contributed by atoms with Crippen molar-refractivity contribution in [3.63, 3.8) is 0 Å². The van der Waals surface area contributed by atoms with Gasteiger partial charge in [0.15, 0.2) is 0 Å². The molecule has 18 heavy (non-hydrogen) atoms. The van der Waals surface area contributed by atoms with E-state index in [4.69, 9.17) is 5.11 Å². The van der Waals surface area contributed by atoms with Crippen molar-refractivity contribution >= 4 is 17.3 Å². The first-order chi connectivity index (χ1) is 8.43. The third-order valence-electron chi connectivity index (χ3n) is 2.42. The third kappa shape index (κ3) is 3.69. The van der Waals surface area contributed by atoms with Gasteiger partial charge in [0.2, 0.25) is 0 Å². The summed E-state index contributed by atoms with van der Waals surface area (Å²) in [5.41, 5.74) is -0.0378. The molecular weight excluding hydrogens is 243 g/mol. The summed E-state index contributed by atoms with van der Waals surface area (Å²) in [6, 6.07) is 3.21. The van der Waals surface area contributed by atoms with Crippen LogP contribution in [0.4, 0.5) is 15.8 Å². The van der Waals surface area contributed by atoms with E-state index in [9.17, 15) is 19.3 Å². The molecule has 1 N–H and O–H groups in total. The van der Waals surface area contributed by atoms with Crippen LogP contribution in [0.1, 0.15) is 13.3 Å². The molecule has 0 radical (unpaired) electrons. The standard InChI is InChI=1S/C11H13FN2O4/c1-2-13(4-3-11(15)16)9-5-8(12)6-10(7-9)14(17)18/h5-7H,2-4H2,1H3,(H,15,16). The van der Waals surface area contributed by atoms with E-state index in [-0.39, 0.29) is 18.7 Å². The fraction of sp³-hybridized carbons (Fsp3) is 0.364. The Balaban J connectivity index is 2.97. The number of nitro groups is 1. The molecule has 0 saturated heterocycles. The molecule has 6 nitrogen and oxygen atoms in total. The Bertz CT molecular complexity index is 464. The summed E-state index contributed by atoms with van der Waals surface area (Å²) in [5.74, 6) is -1.69. The number of halogens is 1. The van der Waals surface area contributed by atoms with Crippen LogP contribution >= 0.6 is 0 Å². The second-order valence-corrected chi connectivity index (χ2v) is 3.65. The van der Waals surface area contributed by atoms with E-state index in [1.54, 1.807) is 11.8 Å². The van der Waals surface area contributed by atoms with Gasteiger partial charge in [0.05, 0.1) is 17.4 Å². The van der Waals surface area contributed by atoms with Crippen LogP contribution < -0.4 is 4.90 Å². The molecule has 0 aliphatic carbocycles. The van der Waals surface area contributed by atoms with Crippen LogP contribution in [0, 0.1) is 15.9 Å². The lowest BCUT2D eigenvalue weighted by Crippen LogP contribution is -2.25. The summed E-state index contributed by atoms with van der Waals surface area (Å²) in [4.78, 5) is 22.0. The van der Waals surface area contributed by atoms with Crippen molar-refractivity contribution in [3.8, 4) is 0 Å². The molecule has 0 atom stereocenters. The molecule has 7 heteroatoms. The number of rotatable bonds is 6. The fourth-order valence-corrected chi connectivity index (χ4v) is 1.55. The predicted octanol–water partition coefficient (Wildman–Crippen LogP) is 2.03. The van der Waals surface area contributed by atoms with Gasteiger partial charge in [-0.2, -0.15) is 0 Å². The minimum Gasteiger partial charge on any atom is -0.481 e. The van der Waals surface area contributed by atoms with Gasteiger partial charge in [-0.3, -0.25) is 14.9 Å². The number of benzene rings is 1. The molecule has 0 aliphatic rings. The second kappa shape index (κ2) is 5.95. The Hall–Kier alpha value is -2.18. The average molecular weight is 256 g/mol. The van der Waals surface area contributed by atoms with Crippen molar-refractivity contribution in [1.82, 2.24) is 0 Å². The number of hydrogen-bond donors (Lipinski definition) is 1. The zero-order valence-electron chi connectivity index (χ0n) is 9.80. The topological polar surface area (TPSA) is 83.7 Å². The summed E-state index contributed by atoms with van der Waals surface area (Å²) in [7, 11) is 0. The van der Waals surface area contributed by atoms with Crippen molar-refractivity contribution < 1.29 is 19.2 Å². The van der Waals surface area contributed by atoms with E-state index in [0.717, 1.165) is 12.1 Å². The highest BCUT2D eigenvalue weighted by atomic mass is 19.1. The number of aliphatic carboxylic acids is 1. The molecule has 0 aromatic heterocycles. The fourth-order valence-electron chi connectivity index (χ4n) is 1.55. The van der Waals surface area contributed by atoms with Gasteiger partial charge >= 0.3 is 5.97 Å². The van der Waals surface area contributed by atoms with Crippen LogP contribution in [-0.4, -0.2) is 29.1 Å². The maximum absolute atomic E-state index is 13.2. The van der Waals surface area contributed by atoms with Gasteiger partial charge in [0, 0.05) is 24.8 Å². The van der Waals surface area contributed by atoms with E-state index >= 15 is 0 Å². The highest BCUT2D eigenvalue weighted by molar-refractivity contribution is 5.67. The van der Waals surface area contributed by atoms with Gasteiger partial charge in [-0.15, -0.1) is 0 Å². The molecule has 0 fully saturated rings. The minimum absolute atomic E-state index is 0.113. The number of anilines is 1. The van der Waals surface area contributed by atoms with E-state index in [2.05, 4.69) is 0 Å². The lowest BCUT2D eigenvalue weighted by atomic mass is 10.2. The summed E-state index contributed by atoms with van der Waals surface area (Å²) in [5, 5.41) is 19.2. The van der Waals surface area contributed by atoms with Crippen molar-refractivity contribution in [2.24, 2.45) is 0 Å². The molecular formula is C11H13FN2O4. The lowest BCUT2D eigenvalue weighted by Gasteiger charge is -2.22. The highest BCUT2D eigenvalue weighted by Gasteiger charge is 2.14. The maximum Gasteiger partial charge on any atom is 0.305 e. The van der Waals surface area contributed by atoms with Gasteiger partial charge in [-0.25, -0.2) is 4.39 Å². The van der Waals surface area contributed by atoms with Crippen molar-refractivity contribution in [3.05, 3.63) is 34.1 Å². The summed E-state index contributed by atoms with van der Waals surface area (Å²) >= 11 is 0. The largest absolute Gasteiger partial charge is 0.481 e. The molecule has 0 bridgehead atoms. The molecule has 1 aromatic carbocycles. The van der Waals surface area contributed by atoms with Crippen LogP contribution in [0.3, 0.4) is 0 Å². The molecule has 0 unspecified atom stereocenters. The first-order valence-corrected chi connectivity index (χ1v) is 5.35. The molecule has 0 spiro atoms. The molecule has 0 saturated carbocycles. The van der Waals surface area contributed by atoms with Crippen molar-refractivity contribution in [2.45, 2.75) is 13.3 Å². The first kappa shape index (κ1) is 13.9. The molecule has 1 aromatic rings. The van der Waals surface area contributed by atoms with Gasteiger partial charge in [-0.1, -0.05) is 0 Å². The number of hydrogen-bond acceptors (Lipinski definition) is 4. The van der Waals surface area contributed by atoms with Crippen molar-refractivity contribution in [1.29, 1.82) is 0 Å². The predicted molar refractivity (Wildman–Crippen MR) is 63.2 cm³/mol. The molecule has 1 rings (SSSR count). The summed E-state index contributed by atoms with van der Waals surface area (Å²) < 4.78 is 13.2. The SMILES string of the molecule is CCN(CCC(=O)O)c1cc(F)cc([N+](=O)[O-])c1. The van der Waals surface area contributed by atoms with Gasteiger partial charge in [-0.05, 0) is 13.0 Å². The van der Waals surface area contributed by atoms with Gasteiger partial charge < -0.3 is 10.0 Å². The lowest BCUT2D eigenvalue weighted by molar-refractivity contribution is -0.385. The number of carboxylic acids is 1. The normalized spacial score (nSPS) is 10.1. The van der Waals surface area contributed by atoms with E-state index in [1.165, 1.54) is 6.07 Å².